The van der Waals surface area contributed by atoms with Crippen LogP contribution < -0.4 is 9.46 Å². The summed E-state index contributed by atoms with van der Waals surface area (Å²) in [6, 6.07) is 14.9. The van der Waals surface area contributed by atoms with E-state index < -0.39 is 102 Å². The van der Waals surface area contributed by atoms with Gasteiger partial charge in [0.2, 0.25) is 10.0 Å². The number of benzene rings is 2. The highest BCUT2D eigenvalue weighted by atomic mass is 35.5. The zero-order valence-corrected chi connectivity index (χ0v) is 35.5. The number of H-pyrrole nitrogens is 1. The van der Waals surface area contributed by atoms with Crippen LogP contribution in [0.15, 0.2) is 59.5 Å². The number of pyridine rings is 1. The van der Waals surface area contributed by atoms with E-state index in [4.69, 9.17) is 49.5 Å². The molecule has 2 aromatic carbocycles. The van der Waals surface area contributed by atoms with Crippen LogP contribution in [0.3, 0.4) is 0 Å². The Balaban J connectivity index is 1.16. The average Bonchev–Trinajstić information content (AvgIpc) is 3.91. The van der Waals surface area contributed by atoms with E-state index in [0.717, 1.165) is 40.2 Å². The molecule has 2 aliphatic rings. The second-order valence-corrected chi connectivity index (χ2v) is 16.4. The number of fused-ring (bicyclic) bond motifs is 2. The lowest BCUT2D eigenvalue weighted by molar-refractivity contribution is -0.202. The molecule has 62 heavy (non-hydrogen) atoms. The van der Waals surface area contributed by atoms with Crippen LogP contribution in [0.1, 0.15) is 34.6 Å². The summed E-state index contributed by atoms with van der Waals surface area (Å²) >= 11 is 6.64. The fraction of sp³-hybridized carbons (Fsp3) is 0.425. The number of rotatable bonds is 17. The van der Waals surface area contributed by atoms with E-state index in [1.807, 2.05) is 0 Å². The van der Waals surface area contributed by atoms with Crippen molar-refractivity contribution in [2.24, 2.45) is 0 Å². The minimum Gasteiger partial charge on any atom is -0.462 e. The van der Waals surface area contributed by atoms with Crippen molar-refractivity contribution in [2.75, 3.05) is 26.4 Å². The molecule has 4 heterocycles. The fourth-order valence-electron chi connectivity index (χ4n) is 6.90. The first kappa shape index (κ1) is 45.8. The van der Waals surface area contributed by atoms with Crippen LogP contribution in [0.5, 0.6) is 6.01 Å². The van der Waals surface area contributed by atoms with E-state index in [9.17, 15) is 37.5 Å². The third-order valence-electron chi connectivity index (χ3n) is 9.53. The summed E-state index contributed by atoms with van der Waals surface area (Å²) in [5, 5.41) is 10.4. The number of carbonyl (C=O) groups is 5. The second kappa shape index (κ2) is 19.6. The Morgan fingerprint density at radius 2 is 1.32 bits per heavy atom. The molecule has 2 saturated heterocycles. The molecule has 0 saturated carbocycles. The summed E-state index contributed by atoms with van der Waals surface area (Å²) in [6.45, 7) is 4.11. The summed E-state index contributed by atoms with van der Waals surface area (Å²) in [4.78, 5) is 72.3. The van der Waals surface area contributed by atoms with Crippen molar-refractivity contribution in [1.29, 1.82) is 0 Å². The van der Waals surface area contributed by atoms with Crippen LogP contribution in [0.4, 0.5) is 0 Å². The van der Waals surface area contributed by atoms with Crippen LogP contribution in [0.25, 0.3) is 33.5 Å². The fourth-order valence-corrected chi connectivity index (χ4v) is 8.21. The highest BCUT2D eigenvalue weighted by molar-refractivity contribution is 7.89. The number of hydrogen-bond donors (Lipinski definition) is 3. The normalized spacial score (nSPS) is 20.3. The van der Waals surface area contributed by atoms with Crippen LogP contribution >= 0.6 is 11.6 Å². The van der Waals surface area contributed by atoms with E-state index in [2.05, 4.69) is 19.7 Å². The highest BCUT2D eigenvalue weighted by Crippen LogP contribution is 2.33. The number of nitrogens with zero attached hydrogens (tertiary/aromatic N) is 2. The first-order valence-corrected chi connectivity index (χ1v) is 20.9. The molecule has 2 aromatic heterocycles. The Kier molecular flexibility index (Phi) is 14.4. The molecule has 3 N–H and O–H groups in total. The van der Waals surface area contributed by atoms with Crippen molar-refractivity contribution in [3.05, 3.63) is 59.6 Å². The van der Waals surface area contributed by atoms with Gasteiger partial charge >= 0.3 is 29.8 Å². The second-order valence-electron chi connectivity index (χ2n) is 14.3. The highest BCUT2D eigenvalue weighted by Gasteiger charge is 2.49. The van der Waals surface area contributed by atoms with Gasteiger partial charge in [-0.3, -0.25) is 24.0 Å². The number of carbonyl (C=O) groups excluding carboxylic acids is 5. The molecule has 20 nitrogen and oxygen atoms in total. The largest absolute Gasteiger partial charge is 0.462 e. The van der Waals surface area contributed by atoms with E-state index in [1.54, 1.807) is 42.5 Å². The van der Waals surface area contributed by atoms with Crippen LogP contribution in [-0.4, -0.2) is 134 Å². The molecule has 0 bridgehead atoms. The average molecular weight is 903 g/mol. The van der Waals surface area contributed by atoms with Crippen molar-refractivity contribution in [2.45, 2.75) is 88.3 Å². The van der Waals surface area contributed by atoms with Crippen LogP contribution in [0, 0.1) is 0 Å². The molecule has 332 valence electrons. The number of imidazole rings is 1. The number of hydrogen-bond acceptors (Lipinski definition) is 18. The lowest BCUT2D eigenvalue weighted by atomic mass is 10.0. The Morgan fingerprint density at radius 3 is 1.92 bits per heavy atom. The number of aromatic nitrogens is 3. The summed E-state index contributed by atoms with van der Waals surface area (Å²) in [5.74, 6) is -4.52. The van der Waals surface area contributed by atoms with Crippen molar-refractivity contribution in [3.63, 3.8) is 0 Å². The molecule has 4 aromatic rings. The topological polar surface area (TPSA) is 267 Å². The number of ether oxygens (including phenoxy) is 8. The molecule has 22 heteroatoms. The quantitative estimate of drug-likeness (QED) is 0.101. The molecular weight excluding hydrogens is 860 g/mol. The Labute approximate surface area is 359 Å². The third kappa shape index (κ3) is 11.2. The molecule has 6 rings (SSSR count). The molecule has 8 atom stereocenters. The minimum absolute atomic E-state index is 0.164. The molecule has 0 amide bonds. The van der Waals surface area contributed by atoms with Gasteiger partial charge in [0.1, 0.15) is 24.9 Å². The van der Waals surface area contributed by atoms with Crippen molar-refractivity contribution < 1.29 is 75.4 Å². The summed E-state index contributed by atoms with van der Waals surface area (Å²) in [5.41, 5.74) is 3.40. The van der Waals surface area contributed by atoms with Gasteiger partial charge in [-0.1, -0.05) is 48.0 Å². The predicted octanol–water partition coefficient (Wildman–Crippen LogP) is 2.42. The number of sulfonamides is 1. The molecule has 2 fully saturated rings. The maximum Gasteiger partial charge on any atom is 0.303 e. The van der Waals surface area contributed by atoms with Gasteiger partial charge in [-0.2, -0.15) is 4.98 Å². The van der Waals surface area contributed by atoms with Crippen molar-refractivity contribution in [3.8, 4) is 28.4 Å². The lowest BCUT2D eigenvalue weighted by Gasteiger charge is -2.35. The number of esters is 5. The molecule has 0 spiro atoms. The van der Waals surface area contributed by atoms with Gasteiger partial charge in [-0.05, 0) is 29.3 Å². The first-order valence-electron chi connectivity index (χ1n) is 19.1. The van der Waals surface area contributed by atoms with Gasteiger partial charge in [0.05, 0.1) is 40.9 Å². The van der Waals surface area contributed by atoms with Gasteiger partial charge in [-0.25, -0.2) is 18.1 Å². The van der Waals surface area contributed by atoms with Crippen LogP contribution in [-0.2, 0) is 67.2 Å². The summed E-state index contributed by atoms with van der Waals surface area (Å²) < 4.78 is 73.0. The SMILES string of the molecule is CC(=O)OC[C@@H](OC(C)=O)[C@@H](OC(C)=O)[C@H](OC(C)=O)[C@H](CNS(=O)(=O)c1ccc(-c2ccc(-c3nc4nc(O[C@@H]5CO[C@H]6[C@@H]5OC[C@H]6O)[nH]c4cc3Cl)cc2)cc1)OC(C)=O. The number of aromatic amines is 1. The number of nitrogens with one attached hydrogen (secondary N) is 2. The minimum atomic E-state index is -4.35. The standard InChI is InChI=1S/C40H43ClN4O16S/c1-19(46)54-17-33(58-21(3)48)38(60-23(5)50)37(59-22(4)49)31(57-20(2)47)15-42-62(52,53)27-12-10-25(11-13-27)24-6-8-26(9-7-24)34-28(41)14-29-39(44-34)45-40(43-29)61-32-18-56-35-30(51)16-55-36(32)35/h6-14,30-33,35-38,42,51H,15-18H2,1-5H3,(H,43,44,45)/t30-,31+,32-,33-,35-,36-,37-,38-/m1/s1. The van der Waals surface area contributed by atoms with Gasteiger partial charge in [0.15, 0.2) is 36.2 Å². The maximum atomic E-state index is 13.6. The molecule has 0 unspecified atom stereocenters. The van der Waals surface area contributed by atoms with Gasteiger partial charge in [0, 0.05) is 40.2 Å². The predicted molar refractivity (Wildman–Crippen MR) is 214 cm³/mol. The molecule has 0 aliphatic carbocycles. The Morgan fingerprint density at radius 1 is 0.774 bits per heavy atom. The van der Waals surface area contributed by atoms with E-state index in [1.165, 1.54) is 12.1 Å². The smallest absolute Gasteiger partial charge is 0.303 e. The van der Waals surface area contributed by atoms with Gasteiger partial charge in [0.25, 0.3) is 6.01 Å². The Hall–Kier alpha value is -5.71. The van der Waals surface area contributed by atoms with E-state index in [0.29, 0.717) is 33.0 Å². The Bertz CT molecular complexity index is 2410. The van der Waals surface area contributed by atoms with Crippen molar-refractivity contribution >= 4 is 62.6 Å². The van der Waals surface area contributed by atoms with E-state index in [-0.39, 0.29) is 24.1 Å². The van der Waals surface area contributed by atoms with Crippen LogP contribution in [0.2, 0.25) is 5.02 Å². The number of aliphatic hydroxyl groups excluding tert-OH is 1. The molecule has 2 aliphatic heterocycles. The number of aliphatic hydroxyl groups is 1. The molecular formula is C40H43ClN4O16S. The van der Waals surface area contributed by atoms with Gasteiger partial charge < -0.3 is 48.0 Å². The summed E-state index contributed by atoms with van der Waals surface area (Å²) in [6.07, 6.45) is -8.81. The van der Waals surface area contributed by atoms with E-state index >= 15 is 0 Å². The first-order chi connectivity index (χ1) is 29.4. The number of halogens is 1. The van der Waals surface area contributed by atoms with Crippen molar-refractivity contribution in [1.82, 2.24) is 19.7 Å². The zero-order chi connectivity index (χ0) is 44.9. The maximum absolute atomic E-state index is 13.6. The lowest BCUT2D eigenvalue weighted by Crippen LogP contribution is -2.55. The zero-order valence-electron chi connectivity index (χ0n) is 33.9. The summed E-state index contributed by atoms with van der Waals surface area (Å²) in [7, 11) is -4.35. The third-order valence-corrected chi connectivity index (χ3v) is 11.3. The van der Waals surface area contributed by atoms with Gasteiger partial charge in [-0.15, -0.1) is 0 Å². The monoisotopic (exact) mass is 902 g/mol. The molecule has 0 radical (unpaired) electrons.